The van der Waals surface area contributed by atoms with Crippen molar-refractivity contribution in [2.45, 2.75) is 37.5 Å². The second-order valence-corrected chi connectivity index (χ2v) is 6.63. The third-order valence-electron chi connectivity index (χ3n) is 3.36. The molecule has 0 aliphatic heterocycles. The van der Waals surface area contributed by atoms with Crippen molar-refractivity contribution in [2.75, 3.05) is 11.1 Å². The first-order valence-corrected chi connectivity index (χ1v) is 7.93. The van der Waals surface area contributed by atoms with Crippen molar-refractivity contribution in [3.05, 3.63) is 17.5 Å². The SMILES string of the molecule is CCSC1CCC(Nc2cc(Cl)nc3ncnn23)C1. The monoisotopic (exact) mass is 297 g/mol. The van der Waals surface area contributed by atoms with Gasteiger partial charge in [-0.15, -0.1) is 0 Å². The molecule has 2 aromatic rings. The van der Waals surface area contributed by atoms with Crippen molar-refractivity contribution >= 4 is 35.0 Å². The van der Waals surface area contributed by atoms with E-state index >= 15 is 0 Å². The van der Waals surface area contributed by atoms with Gasteiger partial charge < -0.3 is 5.32 Å². The fourth-order valence-electron chi connectivity index (χ4n) is 2.55. The van der Waals surface area contributed by atoms with E-state index in [1.807, 2.05) is 17.8 Å². The molecule has 0 bridgehead atoms. The number of aromatic nitrogens is 4. The number of fused-ring (bicyclic) bond motifs is 1. The van der Waals surface area contributed by atoms with Gasteiger partial charge >= 0.3 is 0 Å². The molecule has 1 fully saturated rings. The van der Waals surface area contributed by atoms with Crippen LogP contribution in [0.4, 0.5) is 5.82 Å². The molecular formula is C12H16ClN5S. The van der Waals surface area contributed by atoms with Crippen molar-refractivity contribution in [1.82, 2.24) is 19.6 Å². The topological polar surface area (TPSA) is 55.1 Å². The molecule has 3 rings (SSSR count). The minimum absolute atomic E-state index is 0.445. The van der Waals surface area contributed by atoms with E-state index in [4.69, 9.17) is 11.6 Å². The Kier molecular flexibility index (Phi) is 3.79. The summed E-state index contributed by atoms with van der Waals surface area (Å²) in [7, 11) is 0. The third kappa shape index (κ3) is 2.79. The van der Waals surface area contributed by atoms with E-state index in [0.717, 1.165) is 11.1 Å². The zero-order valence-corrected chi connectivity index (χ0v) is 12.3. The fourth-order valence-corrected chi connectivity index (χ4v) is 3.88. The molecule has 1 aliphatic rings. The highest BCUT2D eigenvalue weighted by molar-refractivity contribution is 7.99. The van der Waals surface area contributed by atoms with E-state index in [-0.39, 0.29) is 0 Å². The van der Waals surface area contributed by atoms with Gasteiger partial charge in [0, 0.05) is 17.4 Å². The molecule has 5 nitrogen and oxygen atoms in total. The lowest BCUT2D eigenvalue weighted by Gasteiger charge is -2.15. The Labute approximate surface area is 121 Å². The summed E-state index contributed by atoms with van der Waals surface area (Å²) in [5, 5.41) is 8.91. The lowest BCUT2D eigenvalue weighted by Crippen LogP contribution is -2.18. The molecular weight excluding hydrogens is 282 g/mol. The molecule has 1 aliphatic carbocycles. The van der Waals surface area contributed by atoms with Crippen molar-refractivity contribution in [1.29, 1.82) is 0 Å². The summed E-state index contributed by atoms with van der Waals surface area (Å²) in [6, 6.07) is 2.29. The van der Waals surface area contributed by atoms with Crippen LogP contribution in [0, 0.1) is 0 Å². The van der Waals surface area contributed by atoms with Crippen LogP contribution in [0.3, 0.4) is 0 Å². The molecule has 2 atom stereocenters. The van der Waals surface area contributed by atoms with Crippen LogP contribution in [-0.4, -0.2) is 36.6 Å². The minimum Gasteiger partial charge on any atom is -0.367 e. The summed E-state index contributed by atoms with van der Waals surface area (Å²) in [6.45, 7) is 2.22. The van der Waals surface area contributed by atoms with Gasteiger partial charge in [-0.05, 0) is 25.0 Å². The Morgan fingerprint density at radius 2 is 2.42 bits per heavy atom. The Bertz CT molecular complexity index is 572. The van der Waals surface area contributed by atoms with E-state index in [2.05, 4.69) is 27.3 Å². The van der Waals surface area contributed by atoms with E-state index in [9.17, 15) is 0 Å². The molecule has 102 valence electrons. The third-order valence-corrected chi connectivity index (χ3v) is 4.79. The number of hydrogen-bond donors (Lipinski definition) is 1. The fraction of sp³-hybridized carbons (Fsp3) is 0.583. The first-order chi connectivity index (χ1) is 9.26. The van der Waals surface area contributed by atoms with Crippen molar-refractivity contribution in [3.8, 4) is 0 Å². The summed E-state index contributed by atoms with van der Waals surface area (Å²) in [5.74, 6) is 2.60. The van der Waals surface area contributed by atoms with Crippen LogP contribution in [-0.2, 0) is 0 Å². The molecule has 0 amide bonds. The van der Waals surface area contributed by atoms with E-state index in [0.29, 0.717) is 17.0 Å². The molecule has 0 spiro atoms. The molecule has 2 aromatic heterocycles. The first-order valence-electron chi connectivity index (χ1n) is 6.50. The molecule has 1 N–H and O–H groups in total. The standard InChI is InChI=1S/C12H16ClN5S/c1-2-19-9-4-3-8(5-9)16-11-6-10(13)17-12-14-7-15-18(11)12/h6-9,16H,2-5H2,1H3. The molecule has 1 saturated carbocycles. The normalized spacial score (nSPS) is 23.1. The number of anilines is 1. The number of halogens is 1. The van der Waals surface area contributed by atoms with Gasteiger partial charge in [0.15, 0.2) is 0 Å². The lowest BCUT2D eigenvalue weighted by atomic mass is 10.2. The second kappa shape index (κ2) is 5.54. The smallest absolute Gasteiger partial charge is 0.255 e. The lowest BCUT2D eigenvalue weighted by molar-refractivity contribution is 0.741. The summed E-state index contributed by atoms with van der Waals surface area (Å²) in [5.41, 5.74) is 0. The van der Waals surface area contributed by atoms with Gasteiger partial charge in [-0.2, -0.15) is 31.3 Å². The molecule has 19 heavy (non-hydrogen) atoms. The van der Waals surface area contributed by atoms with Crippen molar-refractivity contribution < 1.29 is 0 Å². The number of nitrogens with one attached hydrogen (secondary N) is 1. The number of rotatable bonds is 4. The van der Waals surface area contributed by atoms with E-state index < -0.39 is 0 Å². The molecule has 0 aromatic carbocycles. The molecule has 2 heterocycles. The maximum atomic E-state index is 6.01. The Morgan fingerprint density at radius 1 is 1.53 bits per heavy atom. The summed E-state index contributed by atoms with van der Waals surface area (Å²) in [6.07, 6.45) is 5.14. The average molecular weight is 298 g/mol. The van der Waals surface area contributed by atoms with Gasteiger partial charge in [-0.3, -0.25) is 0 Å². The Balaban J connectivity index is 1.77. The van der Waals surface area contributed by atoms with Crippen LogP contribution in [0.2, 0.25) is 5.15 Å². The van der Waals surface area contributed by atoms with Crippen LogP contribution in [0.1, 0.15) is 26.2 Å². The zero-order chi connectivity index (χ0) is 13.2. The van der Waals surface area contributed by atoms with Gasteiger partial charge in [-0.1, -0.05) is 18.5 Å². The highest BCUT2D eigenvalue weighted by atomic mass is 35.5. The predicted molar refractivity (Wildman–Crippen MR) is 79.0 cm³/mol. The Hall–Kier alpha value is -1.01. The summed E-state index contributed by atoms with van der Waals surface area (Å²) >= 11 is 8.06. The summed E-state index contributed by atoms with van der Waals surface area (Å²) < 4.78 is 1.70. The van der Waals surface area contributed by atoms with Crippen LogP contribution in [0.5, 0.6) is 0 Å². The van der Waals surface area contributed by atoms with Gasteiger partial charge in [0.1, 0.15) is 17.3 Å². The van der Waals surface area contributed by atoms with Crippen molar-refractivity contribution in [2.24, 2.45) is 0 Å². The maximum Gasteiger partial charge on any atom is 0.255 e. The second-order valence-electron chi connectivity index (χ2n) is 4.67. The zero-order valence-electron chi connectivity index (χ0n) is 10.7. The van der Waals surface area contributed by atoms with Crippen molar-refractivity contribution in [3.63, 3.8) is 0 Å². The maximum absolute atomic E-state index is 6.01. The largest absolute Gasteiger partial charge is 0.367 e. The van der Waals surface area contributed by atoms with Crippen LogP contribution >= 0.6 is 23.4 Å². The van der Waals surface area contributed by atoms with E-state index in [1.54, 1.807) is 4.52 Å². The molecule has 0 radical (unpaired) electrons. The van der Waals surface area contributed by atoms with Gasteiger partial charge in [0.2, 0.25) is 0 Å². The average Bonchev–Trinajstić information content (AvgIpc) is 2.98. The van der Waals surface area contributed by atoms with Gasteiger partial charge in [0.05, 0.1) is 0 Å². The first kappa shape index (κ1) is 13.0. The number of thioether (sulfide) groups is 1. The molecule has 2 unspecified atom stereocenters. The summed E-state index contributed by atoms with van der Waals surface area (Å²) in [4.78, 5) is 8.20. The molecule has 0 saturated heterocycles. The minimum atomic E-state index is 0.445. The number of nitrogens with zero attached hydrogens (tertiary/aromatic N) is 4. The van der Waals surface area contributed by atoms with Gasteiger partial charge in [-0.25, -0.2) is 0 Å². The quantitative estimate of drug-likeness (QED) is 0.880. The van der Waals surface area contributed by atoms with Gasteiger partial charge in [0.25, 0.3) is 5.78 Å². The van der Waals surface area contributed by atoms with Crippen LogP contribution < -0.4 is 5.32 Å². The van der Waals surface area contributed by atoms with Crippen LogP contribution in [0.15, 0.2) is 12.4 Å². The molecule has 7 heteroatoms. The van der Waals surface area contributed by atoms with Crippen LogP contribution in [0.25, 0.3) is 5.78 Å². The predicted octanol–water partition coefficient (Wildman–Crippen LogP) is 2.86. The van der Waals surface area contributed by atoms with E-state index in [1.165, 1.54) is 31.3 Å². The Morgan fingerprint density at radius 3 is 3.26 bits per heavy atom. The number of hydrogen-bond acceptors (Lipinski definition) is 5. The highest BCUT2D eigenvalue weighted by Gasteiger charge is 2.25. The highest BCUT2D eigenvalue weighted by Crippen LogP contribution is 2.31.